The minimum absolute atomic E-state index is 0.0410. The molecule has 0 spiro atoms. The van der Waals surface area contributed by atoms with E-state index in [0.717, 1.165) is 59.1 Å². The number of rotatable bonds is 11. The van der Waals surface area contributed by atoms with Crippen LogP contribution in [0.2, 0.25) is 0 Å². The normalized spacial score (nSPS) is 14.8. The molecule has 190 valence electrons. The van der Waals surface area contributed by atoms with Gasteiger partial charge in [0.1, 0.15) is 17.9 Å². The Morgan fingerprint density at radius 1 is 1.28 bits per heavy atom. The number of aromatic nitrogens is 1. The van der Waals surface area contributed by atoms with Crippen molar-refractivity contribution in [3.05, 3.63) is 78.1 Å². The lowest BCUT2D eigenvalue weighted by atomic mass is 10.0. The summed E-state index contributed by atoms with van der Waals surface area (Å²) in [6, 6.07) is 7.96. The van der Waals surface area contributed by atoms with Gasteiger partial charge in [-0.2, -0.15) is 0 Å². The number of carbonyl (C=O) groups excluding carboxylic acids is 1. The Labute approximate surface area is 215 Å². The van der Waals surface area contributed by atoms with E-state index in [4.69, 9.17) is 15.1 Å². The van der Waals surface area contributed by atoms with Crippen molar-refractivity contribution in [2.24, 2.45) is 5.92 Å². The molecule has 1 aliphatic carbocycles. The van der Waals surface area contributed by atoms with E-state index in [1.54, 1.807) is 12.2 Å². The number of amides is 1. The topological polar surface area (TPSA) is 78.3 Å². The second kappa shape index (κ2) is 12.3. The van der Waals surface area contributed by atoms with Gasteiger partial charge in [0.15, 0.2) is 0 Å². The predicted molar refractivity (Wildman–Crippen MR) is 149 cm³/mol. The van der Waals surface area contributed by atoms with Crippen LogP contribution in [0.25, 0.3) is 16.6 Å². The van der Waals surface area contributed by atoms with Crippen LogP contribution in [0.4, 0.5) is 0 Å². The molecule has 0 saturated heterocycles. The molecule has 1 aliphatic rings. The molecule has 2 aromatic rings. The number of hydrogen-bond donors (Lipinski definition) is 2. The van der Waals surface area contributed by atoms with Gasteiger partial charge in [-0.3, -0.25) is 4.79 Å². The van der Waals surface area contributed by atoms with Crippen molar-refractivity contribution < 1.29 is 9.53 Å². The lowest BCUT2D eigenvalue weighted by molar-refractivity contribution is -0.124. The molecule has 3 rings (SSSR count). The molecule has 1 fully saturated rings. The number of nitrogens with one attached hydrogen (secondary N) is 2. The number of para-hydroxylation sites is 1. The lowest BCUT2D eigenvalue weighted by Gasteiger charge is -2.20. The van der Waals surface area contributed by atoms with Gasteiger partial charge in [0.25, 0.3) is 0 Å². The molecule has 6 heteroatoms. The maximum Gasteiger partial charge on any atom is 0.223 e. The first-order valence-electron chi connectivity index (χ1n) is 12.5. The smallest absolute Gasteiger partial charge is 0.223 e. The molecule has 1 amide bonds. The van der Waals surface area contributed by atoms with Gasteiger partial charge in [0.05, 0.1) is 12.3 Å². The average molecular weight is 487 g/mol. The van der Waals surface area contributed by atoms with Gasteiger partial charge in [0, 0.05) is 47.9 Å². The van der Waals surface area contributed by atoms with Crippen molar-refractivity contribution in [3.63, 3.8) is 0 Å². The first-order chi connectivity index (χ1) is 17.3. The Bertz CT molecular complexity index is 1220. The molecular weight excluding hydrogens is 448 g/mol. The summed E-state index contributed by atoms with van der Waals surface area (Å²) in [6.07, 6.45) is 9.56. The highest BCUT2D eigenvalue weighted by Crippen LogP contribution is 2.32. The fourth-order valence-electron chi connectivity index (χ4n) is 4.60. The van der Waals surface area contributed by atoms with Gasteiger partial charge in [-0.1, -0.05) is 50.3 Å². The van der Waals surface area contributed by atoms with Gasteiger partial charge >= 0.3 is 0 Å². The van der Waals surface area contributed by atoms with E-state index in [2.05, 4.69) is 29.4 Å². The van der Waals surface area contributed by atoms with Crippen LogP contribution >= 0.6 is 0 Å². The van der Waals surface area contributed by atoms with Crippen molar-refractivity contribution in [1.29, 1.82) is 5.41 Å². The number of carbonyl (C=O) groups is 1. The van der Waals surface area contributed by atoms with E-state index >= 15 is 0 Å². The van der Waals surface area contributed by atoms with Crippen LogP contribution in [-0.4, -0.2) is 48.7 Å². The molecule has 0 radical (unpaired) electrons. The zero-order valence-corrected chi connectivity index (χ0v) is 22.0. The molecule has 0 bridgehead atoms. The molecular formula is C30H38N4O2. The van der Waals surface area contributed by atoms with E-state index in [1.807, 2.05) is 52.2 Å². The number of pyridine rings is 1. The fourth-order valence-corrected chi connectivity index (χ4v) is 4.60. The van der Waals surface area contributed by atoms with E-state index < -0.39 is 0 Å². The fraction of sp³-hybridized carbons (Fsp3) is 0.367. The van der Waals surface area contributed by atoms with Gasteiger partial charge in [-0.25, -0.2) is 4.98 Å². The maximum atomic E-state index is 12.5. The first kappa shape index (κ1) is 26.9. The number of allylic oxidation sites excluding steroid dienone is 4. The first-order valence-corrected chi connectivity index (χ1v) is 12.5. The van der Waals surface area contributed by atoms with Crippen molar-refractivity contribution in [2.75, 3.05) is 27.2 Å². The monoisotopic (exact) mass is 486 g/mol. The third-order valence-electron chi connectivity index (χ3n) is 6.65. The molecule has 6 nitrogen and oxygen atoms in total. The Hall–Kier alpha value is -3.67. The standard InChI is InChI=1S/C30H38N4O2/c1-7-12-27(34(5)6)24-17-21(4)33-29-23(24)15-11-16-28(29)36-19-25(20(3)8-2)26(31)18-32-30(35)22-13-9-10-14-22/h7-8,11-12,15-17,22,31H,1-2,9-10,13-14,18-19H2,3-6H3,(H,32,35)/b25-20-,27-12-,31-26?. The highest BCUT2D eigenvalue weighted by Gasteiger charge is 2.23. The number of fused-ring (bicyclic) bond motifs is 1. The van der Waals surface area contributed by atoms with Gasteiger partial charge in [-0.05, 0) is 50.5 Å². The van der Waals surface area contributed by atoms with Gasteiger partial charge in [0.2, 0.25) is 5.91 Å². The minimum Gasteiger partial charge on any atom is -0.487 e. The summed E-state index contributed by atoms with van der Waals surface area (Å²) >= 11 is 0. The third-order valence-corrected chi connectivity index (χ3v) is 6.65. The second-order valence-electron chi connectivity index (χ2n) is 9.48. The lowest BCUT2D eigenvalue weighted by Crippen LogP contribution is -2.34. The van der Waals surface area contributed by atoms with Crippen LogP contribution in [0.3, 0.4) is 0 Å². The molecule has 36 heavy (non-hydrogen) atoms. The Morgan fingerprint density at radius 3 is 2.64 bits per heavy atom. The number of hydrogen-bond acceptors (Lipinski definition) is 5. The predicted octanol–water partition coefficient (Wildman–Crippen LogP) is 5.84. The van der Waals surface area contributed by atoms with Crippen LogP contribution in [0.5, 0.6) is 5.75 Å². The maximum absolute atomic E-state index is 12.5. The van der Waals surface area contributed by atoms with Gasteiger partial charge < -0.3 is 20.4 Å². The summed E-state index contributed by atoms with van der Waals surface area (Å²) in [5, 5.41) is 12.6. The molecule has 0 aliphatic heterocycles. The summed E-state index contributed by atoms with van der Waals surface area (Å²) in [5.74, 6) is 0.758. The molecule has 0 atom stereocenters. The van der Waals surface area contributed by atoms with Crippen LogP contribution in [0.15, 0.2) is 66.8 Å². The van der Waals surface area contributed by atoms with E-state index in [-0.39, 0.29) is 25.0 Å². The summed E-state index contributed by atoms with van der Waals surface area (Å²) in [5.41, 5.74) is 5.61. The molecule has 1 aromatic heterocycles. The zero-order valence-electron chi connectivity index (χ0n) is 22.0. The molecule has 1 saturated carbocycles. The Kier molecular flexibility index (Phi) is 9.23. The number of ether oxygens (including phenoxy) is 1. The summed E-state index contributed by atoms with van der Waals surface area (Å²) in [4.78, 5) is 19.3. The summed E-state index contributed by atoms with van der Waals surface area (Å²) < 4.78 is 6.27. The Balaban J connectivity index is 1.86. The van der Waals surface area contributed by atoms with E-state index in [9.17, 15) is 4.79 Å². The number of aryl methyl sites for hydroxylation is 1. The average Bonchev–Trinajstić information content (AvgIpc) is 3.40. The highest BCUT2D eigenvalue weighted by molar-refractivity contribution is 6.02. The third kappa shape index (κ3) is 6.30. The summed E-state index contributed by atoms with van der Waals surface area (Å²) in [6.45, 7) is 12.0. The van der Waals surface area contributed by atoms with Crippen molar-refractivity contribution in [2.45, 2.75) is 39.5 Å². The number of benzene rings is 1. The van der Waals surface area contributed by atoms with E-state index in [0.29, 0.717) is 17.0 Å². The molecule has 2 N–H and O–H groups in total. The van der Waals surface area contributed by atoms with Crippen molar-refractivity contribution >= 4 is 28.2 Å². The molecule has 1 aromatic carbocycles. The van der Waals surface area contributed by atoms with Crippen LogP contribution in [0.1, 0.15) is 43.9 Å². The van der Waals surface area contributed by atoms with Gasteiger partial charge in [-0.15, -0.1) is 0 Å². The van der Waals surface area contributed by atoms with E-state index in [1.165, 1.54) is 0 Å². The van der Waals surface area contributed by atoms with Crippen LogP contribution in [0, 0.1) is 18.3 Å². The SMILES string of the molecule is C=C/C=C(/c1cc(C)nc2c(OC/C(C(=N)CNC(=O)C3CCCC3)=C(\C)C=C)cccc12)N(C)C. The molecule has 0 unspecified atom stereocenters. The highest BCUT2D eigenvalue weighted by atomic mass is 16.5. The largest absolute Gasteiger partial charge is 0.487 e. The van der Waals surface area contributed by atoms with Crippen molar-refractivity contribution in [3.8, 4) is 5.75 Å². The Morgan fingerprint density at radius 2 is 2.00 bits per heavy atom. The number of nitrogens with zero attached hydrogens (tertiary/aromatic N) is 2. The molecule has 1 heterocycles. The zero-order chi connectivity index (χ0) is 26.2. The van der Waals surface area contributed by atoms with Crippen molar-refractivity contribution in [1.82, 2.24) is 15.2 Å². The second-order valence-corrected chi connectivity index (χ2v) is 9.48. The minimum atomic E-state index is 0.0410. The van der Waals surface area contributed by atoms with Crippen LogP contribution in [-0.2, 0) is 4.79 Å². The summed E-state index contributed by atoms with van der Waals surface area (Å²) in [7, 11) is 4.01. The van der Waals surface area contributed by atoms with Crippen LogP contribution < -0.4 is 10.1 Å². The quantitative estimate of drug-likeness (QED) is 0.309.